The Bertz CT molecular complexity index is 1550. The van der Waals surface area contributed by atoms with E-state index >= 15 is 0 Å². The molecular weight excluding hydrogens is 500 g/mol. The van der Waals surface area contributed by atoms with Crippen LogP contribution in [0.4, 0.5) is 5.82 Å². The normalized spacial score (nSPS) is 15.7. The van der Waals surface area contributed by atoms with E-state index in [1.165, 1.54) is 5.56 Å². The lowest BCUT2D eigenvalue weighted by Gasteiger charge is -2.30. The summed E-state index contributed by atoms with van der Waals surface area (Å²) in [6.07, 6.45) is 6.00. The molecule has 0 saturated carbocycles. The summed E-state index contributed by atoms with van der Waals surface area (Å²) in [5.41, 5.74) is 6.13. The lowest BCUT2D eigenvalue weighted by atomic mass is 9.94. The summed E-state index contributed by atoms with van der Waals surface area (Å²) in [7, 11) is 0. The number of anilines is 1. The maximum Gasteiger partial charge on any atom is 0.233 e. The minimum absolute atomic E-state index is 0.0372. The molecule has 4 aromatic rings. The molecular formula is C32H34N6O2. The fourth-order valence-corrected chi connectivity index (χ4v) is 5.76. The van der Waals surface area contributed by atoms with Crippen molar-refractivity contribution in [2.45, 2.75) is 58.4 Å². The maximum atomic E-state index is 13.0. The number of fused-ring (bicyclic) bond motifs is 1. The highest BCUT2D eigenvalue weighted by Crippen LogP contribution is 2.33. The molecule has 6 rings (SSSR count). The number of carbonyl (C=O) groups is 2. The van der Waals surface area contributed by atoms with E-state index in [9.17, 15) is 9.59 Å². The molecule has 0 radical (unpaired) electrons. The molecule has 2 aliphatic rings. The van der Waals surface area contributed by atoms with E-state index < -0.39 is 0 Å². The first-order valence-corrected chi connectivity index (χ1v) is 14.0. The van der Waals surface area contributed by atoms with Gasteiger partial charge in [0.2, 0.25) is 11.8 Å². The highest BCUT2D eigenvalue weighted by Gasteiger charge is 2.30. The van der Waals surface area contributed by atoms with Crippen LogP contribution in [-0.4, -0.2) is 49.6 Å². The number of nitrogens with zero attached hydrogens (tertiary/aromatic N) is 6. The number of aromatic nitrogens is 4. The standard InChI is InChI=1S/C32H34N6O2/c1-21(2)27-6-4-5-7-28(27)31-33-19-25-18-30(40)37(32(25)34-31)20-23-8-10-26(11-9-23)38-17-14-29(35-38)24-12-15-36(16-13-24)22(3)39/h4-11,14,17,19,21,24H,12-13,15-16,18,20H2,1-3H3. The van der Waals surface area contributed by atoms with Gasteiger partial charge in [-0.15, -0.1) is 0 Å². The summed E-state index contributed by atoms with van der Waals surface area (Å²) in [5.74, 6) is 2.25. The maximum absolute atomic E-state index is 13.0. The van der Waals surface area contributed by atoms with Gasteiger partial charge in [-0.2, -0.15) is 5.10 Å². The van der Waals surface area contributed by atoms with Crippen molar-refractivity contribution < 1.29 is 9.59 Å². The van der Waals surface area contributed by atoms with Crippen LogP contribution in [0.15, 0.2) is 67.0 Å². The molecule has 2 aromatic carbocycles. The van der Waals surface area contributed by atoms with Gasteiger partial charge in [-0.25, -0.2) is 14.6 Å². The fraction of sp³-hybridized carbons (Fsp3) is 0.344. The number of likely N-dealkylation sites (tertiary alicyclic amines) is 1. The zero-order valence-corrected chi connectivity index (χ0v) is 23.2. The second kappa shape index (κ2) is 10.7. The highest BCUT2D eigenvalue weighted by atomic mass is 16.2. The summed E-state index contributed by atoms with van der Waals surface area (Å²) in [4.78, 5) is 37.8. The molecule has 2 aromatic heterocycles. The zero-order chi connectivity index (χ0) is 27.8. The van der Waals surface area contributed by atoms with Gasteiger partial charge in [-0.3, -0.25) is 14.5 Å². The first kappa shape index (κ1) is 25.9. The van der Waals surface area contributed by atoms with Gasteiger partial charge >= 0.3 is 0 Å². The van der Waals surface area contributed by atoms with Crippen molar-refractivity contribution in [2.24, 2.45) is 0 Å². The third-order valence-electron chi connectivity index (χ3n) is 8.07. The van der Waals surface area contributed by atoms with Crippen molar-refractivity contribution in [3.63, 3.8) is 0 Å². The van der Waals surface area contributed by atoms with E-state index in [4.69, 9.17) is 10.1 Å². The molecule has 2 amide bonds. The average Bonchev–Trinajstić information content (AvgIpc) is 3.58. The number of carbonyl (C=O) groups excluding carboxylic acids is 2. The second-order valence-corrected chi connectivity index (χ2v) is 11.1. The van der Waals surface area contributed by atoms with Crippen molar-refractivity contribution in [2.75, 3.05) is 18.0 Å². The molecule has 40 heavy (non-hydrogen) atoms. The van der Waals surface area contributed by atoms with Gasteiger partial charge in [0, 0.05) is 49.5 Å². The van der Waals surface area contributed by atoms with Gasteiger partial charge in [-0.05, 0) is 48.1 Å². The SMILES string of the molecule is CC(=O)N1CCC(c2ccn(-c3ccc(CN4C(=O)Cc5cnc(-c6ccccc6C(C)C)nc54)cc3)n2)CC1. The van der Waals surface area contributed by atoms with Crippen LogP contribution < -0.4 is 4.90 Å². The number of hydrogen-bond acceptors (Lipinski definition) is 5. The van der Waals surface area contributed by atoms with E-state index in [1.54, 1.807) is 18.0 Å². The molecule has 204 valence electrons. The van der Waals surface area contributed by atoms with Gasteiger partial charge < -0.3 is 4.90 Å². The molecule has 1 saturated heterocycles. The fourth-order valence-electron chi connectivity index (χ4n) is 5.76. The van der Waals surface area contributed by atoms with Crippen molar-refractivity contribution in [1.29, 1.82) is 0 Å². The van der Waals surface area contributed by atoms with Gasteiger partial charge in [0.05, 0.1) is 24.3 Å². The van der Waals surface area contributed by atoms with Crippen LogP contribution in [0.5, 0.6) is 0 Å². The van der Waals surface area contributed by atoms with Crippen LogP contribution >= 0.6 is 0 Å². The van der Waals surface area contributed by atoms with Crippen LogP contribution in [0, 0.1) is 0 Å². The van der Waals surface area contributed by atoms with E-state index in [2.05, 4.69) is 31.0 Å². The first-order valence-electron chi connectivity index (χ1n) is 14.0. The summed E-state index contributed by atoms with van der Waals surface area (Å²) < 4.78 is 1.90. The van der Waals surface area contributed by atoms with Gasteiger partial charge in [0.1, 0.15) is 5.82 Å². The molecule has 0 atom stereocenters. The summed E-state index contributed by atoms with van der Waals surface area (Å²) >= 11 is 0. The molecule has 0 unspecified atom stereocenters. The van der Waals surface area contributed by atoms with Gasteiger partial charge in [0.15, 0.2) is 5.82 Å². The second-order valence-electron chi connectivity index (χ2n) is 11.1. The minimum Gasteiger partial charge on any atom is -0.343 e. The van der Waals surface area contributed by atoms with Crippen LogP contribution in [0.3, 0.4) is 0 Å². The van der Waals surface area contributed by atoms with Crippen molar-refractivity contribution in [3.8, 4) is 17.1 Å². The van der Waals surface area contributed by atoms with Crippen LogP contribution in [0.2, 0.25) is 0 Å². The Morgan fingerprint density at radius 1 is 1.02 bits per heavy atom. The van der Waals surface area contributed by atoms with E-state index in [0.29, 0.717) is 36.4 Å². The number of rotatable bonds is 6. The Balaban J connectivity index is 1.17. The predicted molar refractivity (Wildman–Crippen MR) is 154 cm³/mol. The third-order valence-corrected chi connectivity index (χ3v) is 8.07. The molecule has 0 bridgehead atoms. The van der Waals surface area contributed by atoms with Crippen LogP contribution in [0.25, 0.3) is 17.1 Å². The number of hydrogen-bond donors (Lipinski definition) is 0. The predicted octanol–water partition coefficient (Wildman–Crippen LogP) is 5.27. The Morgan fingerprint density at radius 3 is 2.50 bits per heavy atom. The van der Waals surface area contributed by atoms with E-state index in [-0.39, 0.29) is 11.8 Å². The van der Waals surface area contributed by atoms with E-state index in [1.807, 2.05) is 58.2 Å². The van der Waals surface area contributed by atoms with Crippen molar-refractivity contribution in [3.05, 3.63) is 89.4 Å². The van der Waals surface area contributed by atoms with Gasteiger partial charge in [-0.1, -0.05) is 50.2 Å². The lowest BCUT2D eigenvalue weighted by Crippen LogP contribution is -2.36. The largest absolute Gasteiger partial charge is 0.343 e. The van der Waals surface area contributed by atoms with Crippen molar-refractivity contribution in [1.82, 2.24) is 24.6 Å². The molecule has 2 aliphatic heterocycles. The molecule has 8 nitrogen and oxygen atoms in total. The molecule has 1 fully saturated rings. The average molecular weight is 535 g/mol. The monoisotopic (exact) mass is 534 g/mol. The number of amides is 2. The quantitative estimate of drug-likeness (QED) is 0.337. The zero-order valence-electron chi connectivity index (χ0n) is 23.2. The molecule has 0 spiro atoms. The summed E-state index contributed by atoms with van der Waals surface area (Å²) in [5, 5.41) is 4.84. The Kier molecular flexibility index (Phi) is 6.92. The van der Waals surface area contributed by atoms with Crippen LogP contribution in [0.1, 0.15) is 67.8 Å². The summed E-state index contributed by atoms with van der Waals surface area (Å²) in [6.45, 7) is 7.99. The van der Waals surface area contributed by atoms with E-state index in [0.717, 1.165) is 54.0 Å². The Morgan fingerprint density at radius 2 is 1.77 bits per heavy atom. The van der Waals surface area contributed by atoms with Gasteiger partial charge in [0.25, 0.3) is 0 Å². The van der Waals surface area contributed by atoms with Crippen molar-refractivity contribution >= 4 is 17.6 Å². The third kappa shape index (κ3) is 5.01. The minimum atomic E-state index is 0.0372. The lowest BCUT2D eigenvalue weighted by molar-refractivity contribution is -0.129. The number of benzene rings is 2. The number of piperidine rings is 1. The molecule has 8 heteroatoms. The Hall–Kier alpha value is -4.33. The smallest absolute Gasteiger partial charge is 0.233 e. The van der Waals surface area contributed by atoms with Crippen LogP contribution in [-0.2, 0) is 22.6 Å². The first-order chi connectivity index (χ1) is 19.4. The molecule has 0 N–H and O–H groups in total. The summed E-state index contributed by atoms with van der Waals surface area (Å²) in [6, 6.07) is 18.4. The molecule has 4 heterocycles. The molecule has 0 aliphatic carbocycles. The highest BCUT2D eigenvalue weighted by molar-refractivity contribution is 6.00. The Labute approximate surface area is 234 Å². The topological polar surface area (TPSA) is 84.2 Å².